The molecule has 0 radical (unpaired) electrons. The second-order valence-electron chi connectivity index (χ2n) is 5.22. The first kappa shape index (κ1) is 13.9. The van der Waals surface area contributed by atoms with Gasteiger partial charge in [0.25, 0.3) is 5.91 Å². The van der Waals surface area contributed by atoms with Crippen LogP contribution in [0.3, 0.4) is 0 Å². The molecule has 1 aromatic heterocycles. The number of aromatic nitrogens is 1. The predicted molar refractivity (Wildman–Crippen MR) is 81.6 cm³/mol. The van der Waals surface area contributed by atoms with Crippen molar-refractivity contribution in [3.8, 4) is 0 Å². The molecular weight excluding hydrogens is 290 g/mol. The number of aryl methyl sites for hydroxylation is 1. The van der Waals surface area contributed by atoms with E-state index in [2.05, 4.69) is 4.98 Å². The molecule has 21 heavy (non-hydrogen) atoms. The van der Waals surface area contributed by atoms with Crippen molar-refractivity contribution >= 4 is 34.8 Å². The summed E-state index contributed by atoms with van der Waals surface area (Å²) in [7, 11) is 0. The lowest BCUT2D eigenvalue weighted by Gasteiger charge is -2.32. The first-order valence-corrected chi connectivity index (χ1v) is 7.25. The highest BCUT2D eigenvalue weighted by molar-refractivity contribution is 6.35. The Morgan fingerprint density at radius 2 is 2.00 bits per heavy atom. The Bertz CT molecular complexity index is 702. The van der Waals surface area contributed by atoms with Gasteiger partial charge in [-0.1, -0.05) is 23.7 Å². The number of piperazine rings is 1. The Labute approximate surface area is 127 Å². The minimum absolute atomic E-state index is 0.00781. The Morgan fingerprint density at radius 1 is 1.29 bits per heavy atom. The quantitative estimate of drug-likeness (QED) is 0.863. The molecule has 2 aromatic rings. The average Bonchev–Trinajstić information content (AvgIpc) is 2.84. The summed E-state index contributed by atoms with van der Waals surface area (Å²) in [4.78, 5) is 30.2. The van der Waals surface area contributed by atoms with Gasteiger partial charge in [-0.3, -0.25) is 9.59 Å². The van der Waals surface area contributed by atoms with E-state index in [-0.39, 0.29) is 5.91 Å². The third kappa shape index (κ3) is 2.38. The van der Waals surface area contributed by atoms with Crippen LogP contribution in [-0.4, -0.2) is 53.3 Å². The second-order valence-corrected chi connectivity index (χ2v) is 5.63. The largest absolute Gasteiger partial charge is 0.357 e. The molecular formula is C15H16ClN3O2. The Hall–Kier alpha value is -2.01. The number of carbonyl (C=O) groups is 2. The van der Waals surface area contributed by atoms with Crippen molar-refractivity contribution in [2.24, 2.45) is 0 Å². The van der Waals surface area contributed by atoms with E-state index in [1.807, 2.05) is 19.1 Å². The van der Waals surface area contributed by atoms with Crippen LogP contribution in [-0.2, 0) is 4.79 Å². The van der Waals surface area contributed by atoms with Gasteiger partial charge in [0.15, 0.2) is 0 Å². The molecule has 2 amide bonds. The number of rotatable bonds is 2. The molecule has 0 unspecified atom stereocenters. The normalized spacial score (nSPS) is 15.5. The van der Waals surface area contributed by atoms with Crippen molar-refractivity contribution in [1.82, 2.24) is 14.8 Å². The predicted octanol–water partition coefficient (Wildman–Crippen LogP) is 2.04. The molecule has 2 heterocycles. The van der Waals surface area contributed by atoms with Gasteiger partial charge < -0.3 is 14.8 Å². The monoisotopic (exact) mass is 305 g/mol. The standard InChI is InChI=1S/C15H16ClN3O2/c1-10-13(11-3-2-4-12(16)14(11)17-10)15(21)19-7-5-18(9-20)6-8-19/h2-4,9,17H,5-8H2,1H3. The summed E-state index contributed by atoms with van der Waals surface area (Å²) < 4.78 is 0. The SMILES string of the molecule is Cc1[nH]c2c(Cl)cccc2c1C(=O)N1CCN(C=O)CC1. The smallest absolute Gasteiger partial charge is 0.256 e. The summed E-state index contributed by atoms with van der Waals surface area (Å²) in [5, 5.41) is 1.46. The van der Waals surface area contributed by atoms with E-state index in [0.29, 0.717) is 36.8 Å². The lowest BCUT2D eigenvalue weighted by molar-refractivity contribution is -0.119. The number of benzene rings is 1. The minimum Gasteiger partial charge on any atom is -0.357 e. The number of hydrogen-bond donors (Lipinski definition) is 1. The van der Waals surface area contributed by atoms with Crippen molar-refractivity contribution in [1.29, 1.82) is 0 Å². The molecule has 1 fully saturated rings. The number of nitrogens with zero attached hydrogens (tertiary/aromatic N) is 2. The van der Waals surface area contributed by atoms with Crippen LogP contribution in [0.1, 0.15) is 16.1 Å². The molecule has 0 spiro atoms. The molecule has 110 valence electrons. The van der Waals surface area contributed by atoms with Crippen molar-refractivity contribution in [2.45, 2.75) is 6.92 Å². The molecule has 0 aliphatic carbocycles. The lowest BCUT2D eigenvalue weighted by atomic mass is 10.1. The van der Waals surface area contributed by atoms with Crippen LogP contribution < -0.4 is 0 Å². The highest BCUT2D eigenvalue weighted by atomic mass is 35.5. The number of aromatic amines is 1. The van der Waals surface area contributed by atoms with Crippen LogP contribution in [0.5, 0.6) is 0 Å². The van der Waals surface area contributed by atoms with Gasteiger partial charge in [0.05, 0.1) is 16.1 Å². The maximum atomic E-state index is 12.8. The van der Waals surface area contributed by atoms with Gasteiger partial charge >= 0.3 is 0 Å². The summed E-state index contributed by atoms with van der Waals surface area (Å²) in [5.74, 6) is -0.00781. The number of carbonyl (C=O) groups excluding carboxylic acids is 2. The van der Waals surface area contributed by atoms with Gasteiger partial charge in [0.2, 0.25) is 6.41 Å². The van der Waals surface area contributed by atoms with E-state index in [1.165, 1.54) is 0 Å². The highest BCUT2D eigenvalue weighted by Gasteiger charge is 2.25. The number of hydrogen-bond acceptors (Lipinski definition) is 2. The number of amides is 2. The summed E-state index contributed by atoms with van der Waals surface area (Å²) in [5.41, 5.74) is 2.29. The van der Waals surface area contributed by atoms with E-state index in [9.17, 15) is 9.59 Å². The molecule has 1 aromatic carbocycles. The third-order valence-corrected chi connectivity index (χ3v) is 4.25. The summed E-state index contributed by atoms with van der Waals surface area (Å²) in [6.07, 6.45) is 0.832. The van der Waals surface area contributed by atoms with Gasteiger partial charge in [0, 0.05) is 37.3 Å². The molecule has 0 saturated carbocycles. The molecule has 1 saturated heterocycles. The van der Waals surface area contributed by atoms with Crippen molar-refractivity contribution < 1.29 is 9.59 Å². The third-order valence-electron chi connectivity index (χ3n) is 3.93. The molecule has 1 aliphatic heterocycles. The van der Waals surface area contributed by atoms with Gasteiger partial charge in [-0.2, -0.15) is 0 Å². The fourth-order valence-corrected chi connectivity index (χ4v) is 3.00. The molecule has 6 heteroatoms. The number of H-pyrrole nitrogens is 1. The van der Waals surface area contributed by atoms with Crippen molar-refractivity contribution in [2.75, 3.05) is 26.2 Å². The Kier molecular flexibility index (Phi) is 3.59. The Morgan fingerprint density at radius 3 is 2.67 bits per heavy atom. The van der Waals surface area contributed by atoms with Gasteiger partial charge in [0.1, 0.15) is 0 Å². The lowest BCUT2D eigenvalue weighted by Crippen LogP contribution is -2.48. The zero-order chi connectivity index (χ0) is 15.0. The van der Waals surface area contributed by atoms with E-state index in [4.69, 9.17) is 11.6 Å². The number of fused-ring (bicyclic) bond motifs is 1. The van der Waals surface area contributed by atoms with Gasteiger partial charge in [-0.05, 0) is 13.0 Å². The van der Waals surface area contributed by atoms with Gasteiger partial charge in [-0.15, -0.1) is 0 Å². The van der Waals surface area contributed by atoms with Crippen molar-refractivity contribution in [3.63, 3.8) is 0 Å². The fraction of sp³-hybridized carbons (Fsp3) is 0.333. The number of para-hydroxylation sites is 1. The number of nitrogens with one attached hydrogen (secondary N) is 1. The van der Waals surface area contributed by atoms with Crippen LogP contribution in [0.15, 0.2) is 18.2 Å². The zero-order valence-electron chi connectivity index (χ0n) is 11.7. The molecule has 1 N–H and O–H groups in total. The number of halogens is 1. The molecule has 5 nitrogen and oxygen atoms in total. The molecule has 1 aliphatic rings. The maximum absolute atomic E-state index is 12.8. The van der Waals surface area contributed by atoms with Crippen molar-refractivity contribution in [3.05, 3.63) is 34.5 Å². The van der Waals surface area contributed by atoms with Crippen LogP contribution in [0, 0.1) is 6.92 Å². The van der Waals surface area contributed by atoms with Crippen LogP contribution in [0.25, 0.3) is 10.9 Å². The van der Waals surface area contributed by atoms with E-state index < -0.39 is 0 Å². The fourth-order valence-electron chi connectivity index (χ4n) is 2.78. The van der Waals surface area contributed by atoms with E-state index in [1.54, 1.807) is 15.9 Å². The van der Waals surface area contributed by atoms with Crippen LogP contribution in [0.4, 0.5) is 0 Å². The minimum atomic E-state index is -0.00781. The van der Waals surface area contributed by atoms with E-state index >= 15 is 0 Å². The summed E-state index contributed by atoms with van der Waals surface area (Å²) >= 11 is 6.17. The van der Waals surface area contributed by atoms with Gasteiger partial charge in [-0.25, -0.2) is 0 Å². The summed E-state index contributed by atoms with van der Waals surface area (Å²) in [6, 6.07) is 5.55. The average molecular weight is 306 g/mol. The maximum Gasteiger partial charge on any atom is 0.256 e. The zero-order valence-corrected chi connectivity index (χ0v) is 12.5. The molecule has 0 atom stereocenters. The van der Waals surface area contributed by atoms with E-state index in [0.717, 1.165) is 23.0 Å². The Balaban J connectivity index is 1.94. The highest BCUT2D eigenvalue weighted by Crippen LogP contribution is 2.28. The second kappa shape index (κ2) is 5.41. The molecule has 3 rings (SSSR count). The first-order chi connectivity index (χ1) is 10.1. The molecule has 0 bridgehead atoms. The topological polar surface area (TPSA) is 56.4 Å². The van der Waals surface area contributed by atoms with Crippen LogP contribution >= 0.6 is 11.6 Å². The van der Waals surface area contributed by atoms with Crippen LogP contribution in [0.2, 0.25) is 5.02 Å². The first-order valence-electron chi connectivity index (χ1n) is 6.87. The summed E-state index contributed by atoms with van der Waals surface area (Å²) in [6.45, 7) is 4.16.